The van der Waals surface area contributed by atoms with Gasteiger partial charge in [0.15, 0.2) is 0 Å². The summed E-state index contributed by atoms with van der Waals surface area (Å²) in [6.07, 6.45) is 6.13. The van der Waals surface area contributed by atoms with Gasteiger partial charge in [0, 0.05) is 24.7 Å². The smallest absolute Gasteiger partial charge is 0.136 e. The van der Waals surface area contributed by atoms with Crippen LogP contribution in [0.4, 0.5) is 17.3 Å². The molecular formula is C17H20N4. The van der Waals surface area contributed by atoms with E-state index in [2.05, 4.69) is 38.8 Å². The third kappa shape index (κ3) is 2.58. The van der Waals surface area contributed by atoms with Crippen LogP contribution in [-0.4, -0.2) is 17.0 Å². The molecule has 1 fully saturated rings. The van der Waals surface area contributed by atoms with Crippen LogP contribution in [0.2, 0.25) is 0 Å². The lowest BCUT2D eigenvalue weighted by Crippen LogP contribution is -2.03. The van der Waals surface area contributed by atoms with Crippen molar-refractivity contribution < 1.29 is 0 Å². The maximum Gasteiger partial charge on any atom is 0.136 e. The Morgan fingerprint density at radius 1 is 1.00 bits per heavy atom. The fraction of sp³-hybridized carbons (Fsp3) is 0.412. The van der Waals surface area contributed by atoms with Crippen LogP contribution in [0, 0.1) is 0 Å². The van der Waals surface area contributed by atoms with E-state index in [0.717, 1.165) is 23.1 Å². The van der Waals surface area contributed by atoms with E-state index in [9.17, 15) is 0 Å². The molecule has 4 rings (SSSR count). The molecule has 1 heterocycles. The normalized spacial score (nSPS) is 16.6. The lowest BCUT2D eigenvalue weighted by atomic mass is 10.1. The maximum atomic E-state index is 4.67. The first-order chi connectivity index (χ1) is 10.3. The lowest BCUT2D eigenvalue weighted by Gasteiger charge is -2.11. The molecule has 4 heteroatoms. The predicted octanol–water partition coefficient (Wildman–Crippen LogP) is 3.63. The highest BCUT2D eigenvalue weighted by atomic mass is 15.1. The van der Waals surface area contributed by atoms with Gasteiger partial charge in [0.25, 0.3) is 0 Å². The molecule has 108 valence electrons. The quantitative estimate of drug-likeness (QED) is 0.898. The van der Waals surface area contributed by atoms with Crippen molar-refractivity contribution in [2.45, 2.75) is 38.0 Å². The number of nitrogens with one attached hydrogen (secondary N) is 2. The second-order valence-corrected chi connectivity index (χ2v) is 5.98. The average molecular weight is 280 g/mol. The highest BCUT2D eigenvalue weighted by Crippen LogP contribution is 2.39. The fourth-order valence-electron chi connectivity index (χ4n) is 2.98. The minimum Gasteiger partial charge on any atom is -0.373 e. The van der Waals surface area contributed by atoms with Crippen LogP contribution < -0.4 is 10.6 Å². The van der Waals surface area contributed by atoms with Gasteiger partial charge in [0.05, 0.1) is 0 Å². The molecule has 0 atom stereocenters. The van der Waals surface area contributed by atoms with Gasteiger partial charge in [-0.3, -0.25) is 0 Å². The number of anilines is 3. The van der Waals surface area contributed by atoms with Gasteiger partial charge in [0.1, 0.15) is 17.5 Å². The molecule has 2 aliphatic rings. The van der Waals surface area contributed by atoms with Crippen LogP contribution in [-0.2, 0) is 12.8 Å². The van der Waals surface area contributed by atoms with E-state index in [-0.39, 0.29) is 0 Å². The maximum absolute atomic E-state index is 4.67. The number of nitrogens with zero attached hydrogens (tertiary/aromatic N) is 2. The molecule has 0 aliphatic heterocycles. The number of aromatic nitrogens is 2. The van der Waals surface area contributed by atoms with Gasteiger partial charge >= 0.3 is 0 Å². The number of hydrogen-bond acceptors (Lipinski definition) is 4. The highest BCUT2D eigenvalue weighted by molar-refractivity contribution is 5.61. The molecule has 0 saturated heterocycles. The summed E-state index contributed by atoms with van der Waals surface area (Å²) in [5.74, 6) is 3.29. The molecular weight excluding hydrogens is 260 g/mol. The molecule has 21 heavy (non-hydrogen) atoms. The largest absolute Gasteiger partial charge is 0.373 e. The van der Waals surface area contributed by atoms with Crippen LogP contribution in [0.5, 0.6) is 0 Å². The first kappa shape index (κ1) is 12.6. The zero-order valence-electron chi connectivity index (χ0n) is 12.3. The van der Waals surface area contributed by atoms with E-state index in [1.807, 2.05) is 13.1 Å². The molecule has 1 aromatic carbocycles. The Kier molecular flexibility index (Phi) is 3.02. The van der Waals surface area contributed by atoms with Crippen molar-refractivity contribution in [3.63, 3.8) is 0 Å². The number of benzene rings is 1. The van der Waals surface area contributed by atoms with Gasteiger partial charge < -0.3 is 10.6 Å². The molecule has 0 spiro atoms. The first-order valence-corrected chi connectivity index (χ1v) is 7.77. The van der Waals surface area contributed by atoms with Crippen molar-refractivity contribution >= 4 is 17.3 Å². The molecule has 0 bridgehead atoms. The van der Waals surface area contributed by atoms with E-state index in [0.29, 0.717) is 5.92 Å². The summed E-state index contributed by atoms with van der Waals surface area (Å²) in [5.41, 5.74) is 4.10. The molecule has 2 aromatic rings. The number of aryl methyl sites for hydroxylation is 2. The topological polar surface area (TPSA) is 49.8 Å². The van der Waals surface area contributed by atoms with Gasteiger partial charge in [0.2, 0.25) is 0 Å². The van der Waals surface area contributed by atoms with Crippen molar-refractivity contribution in [2.24, 2.45) is 0 Å². The Bertz CT molecular complexity index is 676. The molecule has 4 nitrogen and oxygen atoms in total. The minimum absolute atomic E-state index is 0.555. The van der Waals surface area contributed by atoms with Crippen LogP contribution in [0.25, 0.3) is 0 Å². The standard InChI is InChI=1S/C17H20N4/c1-18-15-10-16(21-17(20-15)12-5-6-12)19-14-8-7-11-3-2-4-13(11)9-14/h7-10,12H,2-6H2,1H3,(H2,18,19,20,21). The molecule has 2 aliphatic carbocycles. The zero-order valence-corrected chi connectivity index (χ0v) is 12.3. The molecule has 0 radical (unpaired) electrons. The number of fused-ring (bicyclic) bond motifs is 1. The van der Waals surface area contributed by atoms with Gasteiger partial charge in [-0.1, -0.05) is 6.07 Å². The van der Waals surface area contributed by atoms with Crippen LogP contribution >= 0.6 is 0 Å². The number of rotatable bonds is 4. The third-order valence-corrected chi connectivity index (χ3v) is 4.31. The van der Waals surface area contributed by atoms with Gasteiger partial charge in [-0.2, -0.15) is 0 Å². The Morgan fingerprint density at radius 3 is 2.62 bits per heavy atom. The van der Waals surface area contributed by atoms with E-state index in [1.54, 1.807) is 0 Å². The summed E-state index contributed by atoms with van der Waals surface area (Å²) in [5, 5.41) is 6.57. The molecule has 1 saturated carbocycles. The second-order valence-electron chi connectivity index (χ2n) is 5.98. The summed E-state index contributed by atoms with van der Waals surface area (Å²) in [6, 6.07) is 8.63. The van der Waals surface area contributed by atoms with Crippen molar-refractivity contribution in [1.82, 2.24) is 9.97 Å². The monoisotopic (exact) mass is 280 g/mol. The lowest BCUT2D eigenvalue weighted by molar-refractivity contribution is 0.912. The van der Waals surface area contributed by atoms with E-state index in [4.69, 9.17) is 0 Å². The summed E-state index contributed by atoms with van der Waals surface area (Å²) < 4.78 is 0. The fourth-order valence-corrected chi connectivity index (χ4v) is 2.98. The summed E-state index contributed by atoms with van der Waals surface area (Å²) in [7, 11) is 1.90. The van der Waals surface area contributed by atoms with E-state index < -0.39 is 0 Å². The van der Waals surface area contributed by atoms with Crippen LogP contribution in [0.3, 0.4) is 0 Å². The SMILES string of the molecule is CNc1cc(Nc2ccc3c(c2)CCC3)nc(C2CC2)n1. The second kappa shape index (κ2) is 5.02. The molecule has 0 amide bonds. The van der Waals surface area contributed by atoms with E-state index >= 15 is 0 Å². The van der Waals surface area contributed by atoms with Gasteiger partial charge in [-0.25, -0.2) is 9.97 Å². The summed E-state index contributed by atoms with van der Waals surface area (Å²) in [6.45, 7) is 0. The summed E-state index contributed by atoms with van der Waals surface area (Å²) >= 11 is 0. The number of hydrogen-bond donors (Lipinski definition) is 2. The van der Waals surface area contributed by atoms with Gasteiger partial charge in [-0.05, 0) is 55.4 Å². The zero-order chi connectivity index (χ0) is 14.2. The third-order valence-electron chi connectivity index (χ3n) is 4.31. The molecule has 0 unspecified atom stereocenters. The van der Waals surface area contributed by atoms with Crippen molar-refractivity contribution in [3.8, 4) is 0 Å². The Balaban J connectivity index is 1.62. The van der Waals surface area contributed by atoms with Crippen LogP contribution in [0.1, 0.15) is 42.1 Å². The van der Waals surface area contributed by atoms with Crippen molar-refractivity contribution in [1.29, 1.82) is 0 Å². The van der Waals surface area contributed by atoms with E-state index in [1.165, 1.54) is 43.2 Å². The minimum atomic E-state index is 0.555. The van der Waals surface area contributed by atoms with Crippen LogP contribution in [0.15, 0.2) is 24.3 Å². The first-order valence-electron chi connectivity index (χ1n) is 7.77. The van der Waals surface area contributed by atoms with Crippen molar-refractivity contribution in [3.05, 3.63) is 41.2 Å². The molecule has 2 N–H and O–H groups in total. The summed E-state index contributed by atoms with van der Waals surface area (Å²) in [4.78, 5) is 9.22. The predicted molar refractivity (Wildman–Crippen MR) is 85.3 cm³/mol. The molecule has 1 aromatic heterocycles. The average Bonchev–Trinajstić information content (AvgIpc) is 3.25. The van der Waals surface area contributed by atoms with Crippen molar-refractivity contribution in [2.75, 3.05) is 17.7 Å². The Morgan fingerprint density at radius 2 is 1.81 bits per heavy atom. The highest BCUT2D eigenvalue weighted by Gasteiger charge is 2.27. The Hall–Kier alpha value is -2.10. The Labute approximate surface area is 125 Å². The van der Waals surface area contributed by atoms with Gasteiger partial charge in [-0.15, -0.1) is 0 Å².